The predicted molar refractivity (Wildman–Crippen MR) is 46.8 cm³/mol. The zero-order valence-electron chi connectivity index (χ0n) is 7.45. The summed E-state index contributed by atoms with van der Waals surface area (Å²) >= 11 is 0. The number of hydrogen-bond acceptors (Lipinski definition) is 0. The van der Waals surface area contributed by atoms with Gasteiger partial charge in [-0.25, -0.2) is 12.0 Å². The first-order chi connectivity index (χ1) is 4.18. The molecule has 0 bridgehead atoms. The van der Waals surface area contributed by atoms with Crippen LogP contribution in [0.3, 0.4) is 0 Å². The third-order valence-electron chi connectivity index (χ3n) is 1.51. The summed E-state index contributed by atoms with van der Waals surface area (Å²) in [5.41, 5.74) is 2.86. The molecule has 1 aliphatic rings. The van der Waals surface area contributed by atoms with Crippen molar-refractivity contribution in [3.63, 3.8) is 0 Å². The summed E-state index contributed by atoms with van der Waals surface area (Å²) in [7, 11) is 0. The minimum atomic E-state index is 0. The van der Waals surface area contributed by atoms with E-state index in [0.717, 1.165) is 6.42 Å². The van der Waals surface area contributed by atoms with E-state index in [4.69, 9.17) is 0 Å². The second-order valence-corrected chi connectivity index (χ2v) is 2.90. The molecule has 58 valence electrons. The standard InChI is InChI=1S/C9H13.BrH.Mg/c1-7-4-8(2)6-9(3)5-7;;/h4-5H,6H2,1-3H3;1H;/q-1;;+2/p-1. The quantitative estimate of drug-likeness (QED) is 0.385. The smallest absolute Gasteiger partial charge is 1.00 e. The van der Waals surface area contributed by atoms with Crippen LogP contribution < -0.4 is 17.0 Å². The Hall–Kier alpha value is 0.596. The van der Waals surface area contributed by atoms with Crippen LogP contribution in [-0.2, 0) is 0 Å². The van der Waals surface area contributed by atoms with Crippen LogP contribution in [0, 0.1) is 5.92 Å². The summed E-state index contributed by atoms with van der Waals surface area (Å²) < 4.78 is 0. The maximum absolute atomic E-state index is 2.24. The molecule has 1 aliphatic carbocycles. The summed E-state index contributed by atoms with van der Waals surface area (Å²) in [6.45, 7) is 6.51. The minimum absolute atomic E-state index is 0. The number of allylic oxidation sites excluding steroid dienone is 4. The van der Waals surface area contributed by atoms with Gasteiger partial charge in [-0.2, -0.15) is 5.57 Å². The van der Waals surface area contributed by atoms with E-state index in [2.05, 4.69) is 32.9 Å². The van der Waals surface area contributed by atoms with Crippen molar-refractivity contribution in [1.82, 2.24) is 0 Å². The molecule has 2 heteroatoms. The Morgan fingerprint density at radius 1 is 1.36 bits per heavy atom. The van der Waals surface area contributed by atoms with Crippen molar-refractivity contribution in [1.29, 1.82) is 0 Å². The van der Waals surface area contributed by atoms with Gasteiger partial charge in [0.25, 0.3) is 0 Å². The van der Waals surface area contributed by atoms with Crippen LogP contribution in [0.5, 0.6) is 0 Å². The molecule has 0 heterocycles. The molecule has 0 saturated heterocycles. The van der Waals surface area contributed by atoms with Gasteiger partial charge in [0.15, 0.2) is 0 Å². The van der Waals surface area contributed by atoms with Gasteiger partial charge in [0.05, 0.1) is 0 Å². The van der Waals surface area contributed by atoms with Crippen LogP contribution in [0.2, 0.25) is 0 Å². The van der Waals surface area contributed by atoms with Crippen molar-refractivity contribution in [2.24, 2.45) is 0 Å². The van der Waals surface area contributed by atoms with Crippen molar-refractivity contribution >= 4 is 23.1 Å². The molecular weight excluding hydrogens is 212 g/mol. The van der Waals surface area contributed by atoms with Gasteiger partial charge in [0, 0.05) is 0 Å². The summed E-state index contributed by atoms with van der Waals surface area (Å²) in [6.07, 6.45) is 5.65. The minimum Gasteiger partial charge on any atom is -1.00 e. The van der Waals surface area contributed by atoms with Crippen LogP contribution in [0.4, 0.5) is 0 Å². The number of hydrogen-bond donors (Lipinski definition) is 0. The molecule has 11 heavy (non-hydrogen) atoms. The van der Waals surface area contributed by atoms with Crippen LogP contribution in [-0.4, -0.2) is 23.1 Å². The van der Waals surface area contributed by atoms with Crippen LogP contribution in [0.1, 0.15) is 27.2 Å². The Morgan fingerprint density at radius 3 is 2.27 bits per heavy atom. The first-order valence-electron chi connectivity index (χ1n) is 3.36. The van der Waals surface area contributed by atoms with Gasteiger partial charge < -0.3 is 17.0 Å². The maximum Gasteiger partial charge on any atom is 2.00 e. The topological polar surface area (TPSA) is 0 Å². The molecule has 0 saturated carbocycles. The van der Waals surface area contributed by atoms with E-state index < -0.39 is 0 Å². The number of halogens is 1. The molecule has 0 atom stereocenters. The third-order valence-corrected chi connectivity index (χ3v) is 1.51. The fraction of sp³-hybridized carbons (Fsp3) is 0.444. The van der Waals surface area contributed by atoms with Gasteiger partial charge >= 0.3 is 23.1 Å². The third kappa shape index (κ3) is 4.93. The summed E-state index contributed by atoms with van der Waals surface area (Å²) in [5, 5.41) is 0. The molecule has 0 fully saturated rings. The van der Waals surface area contributed by atoms with Crippen molar-refractivity contribution in [2.75, 3.05) is 0 Å². The number of rotatable bonds is 0. The van der Waals surface area contributed by atoms with Crippen LogP contribution in [0.15, 0.2) is 23.3 Å². The first-order valence-corrected chi connectivity index (χ1v) is 3.36. The van der Waals surface area contributed by atoms with E-state index in [9.17, 15) is 0 Å². The normalized spacial score (nSPS) is 15.7. The Labute approximate surface area is 96.1 Å². The Morgan fingerprint density at radius 2 is 1.91 bits per heavy atom. The first kappa shape index (κ1) is 14.1. The van der Waals surface area contributed by atoms with Gasteiger partial charge in [-0.05, 0) is 6.92 Å². The van der Waals surface area contributed by atoms with Gasteiger partial charge in [-0.15, -0.1) is 25.5 Å². The van der Waals surface area contributed by atoms with E-state index in [1.165, 1.54) is 17.1 Å². The van der Waals surface area contributed by atoms with Gasteiger partial charge in [-0.3, -0.25) is 0 Å². The second kappa shape index (κ2) is 6.15. The predicted octanol–water partition coefficient (Wildman–Crippen LogP) is -0.500. The fourth-order valence-electron chi connectivity index (χ4n) is 1.36. The molecule has 0 amide bonds. The maximum atomic E-state index is 2.24. The second-order valence-electron chi connectivity index (χ2n) is 2.90. The van der Waals surface area contributed by atoms with E-state index in [1.807, 2.05) is 0 Å². The largest absolute Gasteiger partial charge is 2.00 e. The molecule has 0 aromatic carbocycles. The Bertz CT molecular complexity index is 170. The van der Waals surface area contributed by atoms with E-state index in [-0.39, 0.29) is 40.0 Å². The van der Waals surface area contributed by atoms with Gasteiger partial charge in [-0.1, -0.05) is 6.42 Å². The molecular formula is C9H13BrMg. The van der Waals surface area contributed by atoms with Gasteiger partial charge in [0.2, 0.25) is 0 Å². The zero-order chi connectivity index (χ0) is 6.85. The van der Waals surface area contributed by atoms with E-state index in [1.54, 1.807) is 0 Å². The van der Waals surface area contributed by atoms with E-state index >= 15 is 0 Å². The van der Waals surface area contributed by atoms with E-state index in [0.29, 0.717) is 0 Å². The molecule has 1 rings (SSSR count). The van der Waals surface area contributed by atoms with Crippen LogP contribution in [0.25, 0.3) is 0 Å². The molecule has 0 N–H and O–H groups in total. The summed E-state index contributed by atoms with van der Waals surface area (Å²) in [6, 6.07) is 0. The summed E-state index contributed by atoms with van der Waals surface area (Å²) in [4.78, 5) is 0. The molecule has 0 radical (unpaired) electrons. The fourth-order valence-corrected chi connectivity index (χ4v) is 1.36. The average Bonchev–Trinajstić information content (AvgIpc) is 1.59. The van der Waals surface area contributed by atoms with Gasteiger partial charge in [0.1, 0.15) is 0 Å². The Balaban J connectivity index is 0. The van der Waals surface area contributed by atoms with Crippen molar-refractivity contribution in [3.8, 4) is 0 Å². The zero-order valence-corrected chi connectivity index (χ0v) is 10.4. The molecule has 0 unspecified atom stereocenters. The van der Waals surface area contributed by atoms with Crippen molar-refractivity contribution in [3.05, 3.63) is 29.2 Å². The average molecular weight is 225 g/mol. The molecule has 0 nitrogen and oxygen atoms in total. The SMILES string of the molecule is CC1=C[C-](C)CC(C)=C1.[Br-].[Mg+2]. The Kier molecular flexibility index (Phi) is 7.90. The van der Waals surface area contributed by atoms with Crippen molar-refractivity contribution in [2.45, 2.75) is 27.2 Å². The van der Waals surface area contributed by atoms with Crippen LogP contribution >= 0.6 is 0 Å². The molecule has 0 aromatic rings. The monoisotopic (exact) mass is 224 g/mol. The molecule has 0 spiro atoms. The molecule has 0 aromatic heterocycles. The summed E-state index contributed by atoms with van der Waals surface area (Å²) in [5.74, 6) is 1.48. The van der Waals surface area contributed by atoms with Crippen molar-refractivity contribution < 1.29 is 17.0 Å². The molecule has 0 aliphatic heterocycles.